The Hall–Kier alpha value is -2.46. The van der Waals surface area contributed by atoms with Crippen LogP contribution in [-0.4, -0.2) is 51.0 Å². The predicted octanol–water partition coefficient (Wildman–Crippen LogP) is 2.52. The van der Waals surface area contributed by atoms with E-state index in [-0.39, 0.29) is 6.54 Å². The summed E-state index contributed by atoms with van der Waals surface area (Å²) in [6.07, 6.45) is 1.01. The van der Waals surface area contributed by atoms with Crippen molar-refractivity contribution in [3.8, 4) is 0 Å². The van der Waals surface area contributed by atoms with Gasteiger partial charge >= 0.3 is 0 Å². The van der Waals surface area contributed by atoms with Crippen LogP contribution in [0.4, 0.5) is 10.1 Å². The zero-order valence-electron chi connectivity index (χ0n) is 16.8. The number of rotatable bonds is 8. The number of likely N-dealkylation sites (N-methyl/N-ethyl adjacent to an activating group) is 1. The van der Waals surface area contributed by atoms with E-state index in [1.165, 1.54) is 36.2 Å². The second-order valence-electron chi connectivity index (χ2n) is 6.66. The number of carbonyl (C=O) groups is 2. The van der Waals surface area contributed by atoms with Crippen molar-refractivity contribution < 1.29 is 22.4 Å². The largest absolute Gasteiger partial charge is 0.357 e. The molecule has 0 unspecified atom stereocenters. The lowest BCUT2D eigenvalue weighted by Gasteiger charge is -2.31. The number of para-hydroxylation sites is 1. The molecule has 0 bridgehead atoms. The number of halogens is 2. The summed E-state index contributed by atoms with van der Waals surface area (Å²) in [5.74, 6) is -1.40. The third-order valence-corrected chi connectivity index (χ3v) is 6.28. The van der Waals surface area contributed by atoms with Crippen LogP contribution >= 0.6 is 15.9 Å². The molecule has 30 heavy (non-hydrogen) atoms. The summed E-state index contributed by atoms with van der Waals surface area (Å²) in [5, 5.41) is 2.49. The molecule has 2 rings (SSSR count). The number of sulfonamides is 1. The Morgan fingerprint density at radius 3 is 2.27 bits per heavy atom. The van der Waals surface area contributed by atoms with Crippen molar-refractivity contribution >= 4 is 43.5 Å². The minimum atomic E-state index is -3.79. The SMILES string of the molecule is CNC(=O)[C@H](C)N(Cc1ccc(F)cc1)C(=O)CN(c1ccccc1Br)S(C)(=O)=O. The second kappa shape index (κ2) is 10.0. The van der Waals surface area contributed by atoms with E-state index in [0.717, 1.165) is 10.6 Å². The van der Waals surface area contributed by atoms with E-state index in [9.17, 15) is 22.4 Å². The van der Waals surface area contributed by atoms with Crippen molar-refractivity contribution in [3.63, 3.8) is 0 Å². The van der Waals surface area contributed by atoms with Gasteiger partial charge in [-0.1, -0.05) is 24.3 Å². The van der Waals surface area contributed by atoms with Gasteiger partial charge in [-0.15, -0.1) is 0 Å². The minimum Gasteiger partial charge on any atom is -0.357 e. The first-order chi connectivity index (χ1) is 14.0. The van der Waals surface area contributed by atoms with E-state index in [0.29, 0.717) is 15.7 Å². The first-order valence-electron chi connectivity index (χ1n) is 9.02. The van der Waals surface area contributed by atoms with Crippen LogP contribution in [-0.2, 0) is 26.2 Å². The molecule has 0 radical (unpaired) electrons. The van der Waals surface area contributed by atoms with Crippen LogP contribution in [0.2, 0.25) is 0 Å². The lowest BCUT2D eigenvalue weighted by atomic mass is 10.1. The molecule has 0 aromatic heterocycles. The molecule has 0 aliphatic heterocycles. The Bertz CT molecular complexity index is 1010. The number of hydrogen-bond donors (Lipinski definition) is 1. The van der Waals surface area contributed by atoms with Crippen molar-refractivity contribution in [1.29, 1.82) is 0 Å². The number of benzene rings is 2. The highest BCUT2D eigenvalue weighted by atomic mass is 79.9. The van der Waals surface area contributed by atoms with Crippen LogP contribution in [0.5, 0.6) is 0 Å². The number of nitrogens with one attached hydrogen (secondary N) is 1. The molecular weight excluding hydrogens is 477 g/mol. The van der Waals surface area contributed by atoms with E-state index in [1.54, 1.807) is 31.2 Å². The maximum Gasteiger partial charge on any atom is 0.244 e. The summed E-state index contributed by atoms with van der Waals surface area (Å²) < 4.78 is 39.5. The minimum absolute atomic E-state index is 0.0151. The summed E-state index contributed by atoms with van der Waals surface area (Å²) in [5.41, 5.74) is 0.912. The average Bonchev–Trinajstić information content (AvgIpc) is 2.70. The Kier molecular flexibility index (Phi) is 7.96. The molecule has 0 heterocycles. The molecule has 0 fully saturated rings. The summed E-state index contributed by atoms with van der Waals surface area (Å²) in [4.78, 5) is 26.6. The standard InChI is InChI=1S/C20H23BrFN3O4S/c1-14(20(27)23-2)24(12-15-8-10-16(22)11-9-15)19(26)13-25(30(3,28)29)18-7-5-4-6-17(18)21/h4-11,14H,12-13H2,1-3H3,(H,23,27)/t14-/m0/s1. The highest BCUT2D eigenvalue weighted by Crippen LogP contribution is 2.28. The van der Waals surface area contributed by atoms with Gasteiger partial charge in [-0.2, -0.15) is 0 Å². The molecule has 10 heteroatoms. The quantitative estimate of drug-likeness (QED) is 0.604. The molecule has 2 amide bonds. The van der Waals surface area contributed by atoms with Gasteiger partial charge in [0.05, 0.1) is 11.9 Å². The maximum atomic E-state index is 13.2. The van der Waals surface area contributed by atoms with Crippen LogP contribution in [0.25, 0.3) is 0 Å². The normalized spacial score (nSPS) is 12.2. The van der Waals surface area contributed by atoms with Gasteiger partial charge < -0.3 is 10.2 Å². The molecule has 2 aromatic rings. The zero-order chi connectivity index (χ0) is 22.5. The first-order valence-corrected chi connectivity index (χ1v) is 11.7. The van der Waals surface area contributed by atoms with Gasteiger partial charge in [0, 0.05) is 18.1 Å². The monoisotopic (exact) mass is 499 g/mol. The Balaban J connectivity index is 2.38. The Morgan fingerprint density at radius 2 is 1.73 bits per heavy atom. The number of hydrogen-bond acceptors (Lipinski definition) is 4. The molecule has 0 saturated carbocycles. The molecule has 0 spiro atoms. The van der Waals surface area contributed by atoms with Crippen LogP contribution in [0.3, 0.4) is 0 Å². The Labute approximate surface area is 184 Å². The number of carbonyl (C=O) groups excluding carboxylic acids is 2. The molecule has 162 valence electrons. The molecule has 0 saturated heterocycles. The number of anilines is 1. The Morgan fingerprint density at radius 1 is 1.13 bits per heavy atom. The van der Waals surface area contributed by atoms with Crippen LogP contribution in [0.1, 0.15) is 12.5 Å². The fraction of sp³-hybridized carbons (Fsp3) is 0.300. The topological polar surface area (TPSA) is 86.8 Å². The summed E-state index contributed by atoms with van der Waals surface area (Å²) in [6.45, 7) is 1.06. The molecule has 2 aromatic carbocycles. The molecule has 0 aliphatic carbocycles. The highest BCUT2D eigenvalue weighted by molar-refractivity contribution is 9.10. The lowest BCUT2D eigenvalue weighted by Crippen LogP contribution is -2.50. The van der Waals surface area contributed by atoms with Crippen LogP contribution in [0, 0.1) is 5.82 Å². The first kappa shape index (κ1) is 23.8. The van der Waals surface area contributed by atoms with Crippen molar-refractivity contribution in [1.82, 2.24) is 10.2 Å². The lowest BCUT2D eigenvalue weighted by molar-refractivity contribution is -0.139. The van der Waals surface area contributed by atoms with Crippen molar-refractivity contribution in [2.75, 3.05) is 24.2 Å². The van der Waals surface area contributed by atoms with E-state index < -0.39 is 40.2 Å². The van der Waals surface area contributed by atoms with Gasteiger partial charge in [0.1, 0.15) is 18.4 Å². The van der Waals surface area contributed by atoms with E-state index >= 15 is 0 Å². The van der Waals surface area contributed by atoms with Gasteiger partial charge in [0.25, 0.3) is 0 Å². The fourth-order valence-electron chi connectivity index (χ4n) is 2.83. The van der Waals surface area contributed by atoms with Gasteiger partial charge in [-0.05, 0) is 52.7 Å². The average molecular weight is 500 g/mol. The third-order valence-electron chi connectivity index (χ3n) is 4.48. The van der Waals surface area contributed by atoms with E-state index in [4.69, 9.17) is 0 Å². The molecular formula is C20H23BrFN3O4S. The molecule has 0 aliphatic rings. The van der Waals surface area contributed by atoms with Gasteiger partial charge in [-0.25, -0.2) is 12.8 Å². The predicted molar refractivity (Wildman–Crippen MR) is 117 cm³/mol. The maximum absolute atomic E-state index is 13.2. The van der Waals surface area contributed by atoms with E-state index in [2.05, 4.69) is 21.2 Å². The number of amides is 2. The zero-order valence-corrected chi connectivity index (χ0v) is 19.2. The van der Waals surface area contributed by atoms with Gasteiger partial charge in [0.2, 0.25) is 21.8 Å². The van der Waals surface area contributed by atoms with E-state index in [1.807, 2.05) is 0 Å². The van der Waals surface area contributed by atoms with Crippen molar-refractivity contribution in [3.05, 3.63) is 64.4 Å². The molecule has 1 atom stereocenters. The van der Waals surface area contributed by atoms with Crippen LogP contribution < -0.4 is 9.62 Å². The summed E-state index contributed by atoms with van der Waals surface area (Å²) in [7, 11) is -2.35. The van der Waals surface area contributed by atoms with Gasteiger partial charge in [-0.3, -0.25) is 13.9 Å². The van der Waals surface area contributed by atoms with Crippen molar-refractivity contribution in [2.24, 2.45) is 0 Å². The number of nitrogens with zero attached hydrogens (tertiary/aromatic N) is 2. The molecule has 7 nitrogen and oxygen atoms in total. The molecule has 1 N–H and O–H groups in total. The van der Waals surface area contributed by atoms with Crippen LogP contribution in [0.15, 0.2) is 53.0 Å². The summed E-state index contributed by atoms with van der Waals surface area (Å²) >= 11 is 3.31. The third kappa shape index (κ3) is 6.02. The van der Waals surface area contributed by atoms with Crippen molar-refractivity contribution in [2.45, 2.75) is 19.5 Å². The highest BCUT2D eigenvalue weighted by Gasteiger charge is 2.30. The second-order valence-corrected chi connectivity index (χ2v) is 9.42. The smallest absolute Gasteiger partial charge is 0.244 e. The summed E-state index contributed by atoms with van der Waals surface area (Å²) in [6, 6.07) is 11.3. The fourth-order valence-corrected chi connectivity index (χ4v) is 4.30. The van der Waals surface area contributed by atoms with Gasteiger partial charge in [0.15, 0.2) is 0 Å².